The third kappa shape index (κ3) is 3.49. The number of ether oxygens (including phenoxy) is 1. The molecule has 1 saturated heterocycles. The zero-order chi connectivity index (χ0) is 14.5. The minimum atomic E-state index is 0.405. The maximum Gasteiger partial charge on any atom is 0.323 e. The number of anilines is 2. The molecule has 6 heteroatoms. The molecule has 20 heavy (non-hydrogen) atoms. The van der Waals surface area contributed by atoms with Gasteiger partial charge in [0.1, 0.15) is 0 Å². The molecule has 1 aliphatic rings. The van der Waals surface area contributed by atoms with Gasteiger partial charge in [0.05, 0.1) is 6.61 Å². The molecule has 112 valence electrons. The van der Waals surface area contributed by atoms with Gasteiger partial charge in [0.2, 0.25) is 11.9 Å². The predicted molar refractivity (Wildman–Crippen MR) is 80.4 cm³/mol. The first-order valence-electron chi connectivity index (χ1n) is 7.53. The molecular weight excluding hydrogens is 254 g/mol. The molecule has 1 aromatic rings. The highest BCUT2D eigenvalue weighted by Gasteiger charge is 2.28. The molecule has 1 aromatic heterocycles. The van der Waals surface area contributed by atoms with Crippen LogP contribution in [0.3, 0.4) is 0 Å². The van der Waals surface area contributed by atoms with Crippen molar-refractivity contribution in [3.8, 4) is 6.01 Å². The van der Waals surface area contributed by atoms with Crippen LogP contribution in [-0.4, -0.2) is 40.7 Å². The second kappa shape index (κ2) is 6.72. The number of nitrogens with one attached hydrogen (secondary N) is 1. The number of nitrogens with zero attached hydrogens (tertiary/aromatic N) is 4. The summed E-state index contributed by atoms with van der Waals surface area (Å²) in [5.74, 6) is 2.00. The van der Waals surface area contributed by atoms with Crippen LogP contribution in [0.2, 0.25) is 0 Å². The smallest absolute Gasteiger partial charge is 0.323 e. The van der Waals surface area contributed by atoms with E-state index in [1.165, 1.54) is 6.42 Å². The van der Waals surface area contributed by atoms with E-state index >= 15 is 0 Å². The summed E-state index contributed by atoms with van der Waals surface area (Å²) in [7, 11) is 0. The fourth-order valence-electron chi connectivity index (χ4n) is 2.56. The normalized spacial score (nSPS) is 22.1. The van der Waals surface area contributed by atoms with Gasteiger partial charge in [-0.3, -0.25) is 0 Å². The highest BCUT2D eigenvalue weighted by Crippen LogP contribution is 2.27. The first-order valence-corrected chi connectivity index (χ1v) is 7.53. The van der Waals surface area contributed by atoms with Gasteiger partial charge in [0.15, 0.2) is 0 Å². The summed E-state index contributed by atoms with van der Waals surface area (Å²) < 4.78 is 5.46. The Labute approximate surface area is 121 Å². The Morgan fingerprint density at radius 2 is 2.05 bits per heavy atom. The van der Waals surface area contributed by atoms with Crippen LogP contribution < -0.4 is 15.0 Å². The number of rotatable bonds is 6. The third-order valence-corrected chi connectivity index (χ3v) is 3.45. The molecule has 2 unspecified atom stereocenters. The van der Waals surface area contributed by atoms with Crippen molar-refractivity contribution >= 4 is 11.9 Å². The Hall–Kier alpha value is -1.59. The molecule has 1 aliphatic heterocycles. The maximum absolute atomic E-state index is 5.46. The highest BCUT2D eigenvalue weighted by atomic mass is 16.5. The molecule has 6 nitrogen and oxygen atoms in total. The summed E-state index contributed by atoms with van der Waals surface area (Å²) in [5, 5.41) is 3.21. The maximum atomic E-state index is 5.46. The summed E-state index contributed by atoms with van der Waals surface area (Å²) in [5.41, 5.74) is 0. The third-order valence-electron chi connectivity index (χ3n) is 3.45. The summed E-state index contributed by atoms with van der Waals surface area (Å²) in [6.07, 6.45) is 2.20. The van der Waals surface area contributed by atoms with Crippen LogP contribution in [0.4, 0.5) is 11.9 Å². The Morgan fingerprint density at radius 1 is 1.25 bits per heavy atom. The van der Waals surface area contributed by atoms with E-state index in [1.54, 1.807) is 0 Å². The molecule has 2 atom stereocenters. The van der Waals surface area contributed by atoms with Crippen molar-refractivity contribution in [3.63, 3.8) is 0 Å². The lowest BCUT2D eigenvalue weighted by atomic mass is 10.1. The first-order chi connectivity index (χ1) is 9.63. The monoisotopic (exact) mass is 279 g/mol. The van der Waals surface area contributed by atoms with Gasteiger partial charge in [0.25, 0.3) is 0 Å². The molecule has 0 bridgehead atoms. The molecule has 0 radical (unpaired) electrons. The molecular formula is C14H25N5O. The zero-order valence-corrected chi connectivity index (χ0v) is 12.9. The van der Waals surface area contributed by atoms with Crippen molar-refractivity contribution in [2.24, 2.45) is 5.92 Å². The van der Waals surface area contributed by atoms with E-state index in [4.69, 9.17) is 4.74 Å². The van der Waals surface area contributed by atoms with Crippen LogP contribution in [0.15, 0.2) is 0 Å². The summed E-state index contributed by atoms with van der Waals surface area (Å²) in [6, 6.07) is 0.865. The van der Waals surface area contributed by atoms with Crippen molar-refractivity contribution < 1.29 is 4.74 Å². The Bertz CT molecular complexity index is 440. The molecule has 1 N–H and O–H groups in total. The summed E-state index contributed by atoms with van der Waals surface area (Å²) in [6.45, 7) is 10.9. The van der Waals surface area contributed by atoms with Gasteiger partial charge in [-0.2, -0.15) is 15.0 Å². The van der Waals surface area contributed by atoms with Crippen LogP contribution in [0.25, 0.3) is 0 Å². The largest absolute Gasteiger partial charge is 0.464 e. The average Bonchev–Trinajstić information content (AvgIpc) is 2.75. The number of hydrogen-bond donors (Lipinski definition) is 1. The molecule has 2 rings (SSSR count). The van der Waals surface area contributed by atoms with Gasteiger partial charge in [-0.1, -0.05) is 13.8 Å². The van der Waals surface area contributed by atoms with Gasteiger partial charge in [-0.05, 0) is 32.6 Å². The second-order valence-electron chi connectivity index (χ2n) is 5.44. The van der Waals surface area contributed by atoms with E-state index in [1.807, 2.05) is 6.92 Å². The average molecular weight is 279 g/mol. The van der Waals surface area contributed by atoms with E-state index in [2.05, 4.69) is 45.9 Å². The van der Waals surface area contributed by atoms with Crippen molar-refractivity contribution in [3.05, 3.63) is 0 Å². The second-order valence-corrected chi connectivity index (χ2v) is 5.44. The number of aromatic nitrogens is 3. The molecule has 1 fully saturated rings. The van der Waals surface area contributed by atoms with E-state index in [0.29, 0.717) is 30.5 Å². The van der Waals surface area contributed by atoms with Crippen molar-refractivity contribution in [1.29, 1.82) is 0 Å². The fraction of sp³-hybridized carbons (Fsp3) is 0.786. The quantitative estimate of drug-likeness (QED) is 0.862. The van der Waals surface area contributed by atoms with E-state index < -0.39 is 0 Å². The molecule has 0 saturated carbocycles. The first kappa shape index (κ1) is 14.8. The van der Waals surface area contributed by atoms with Gasteiger partial charge in [0, 0.05) is 19.1 Å². The summed E-state index contributed by atoms with van der Waals surface area (Å²) in [4.78, 5) is 15.5. The SMILES string of the molecule is CCCNc1nc(OCC)nc(N2CC(C)CC2C)n1. The minimum absolute atomic E-state index is 0.405. The highest BCUT2D eigenvalue weighted by molar-refractivity contribution is 5.40. The molecule has 0 aliphatic carbocycles. The molecule has 0 spiro atoms. The van der Waals surface area contributed by atoms with E-state index in [-0.39, 0.29) is 0 Å². The molecule has 2 heterocycles. The Kier molecular flexibility index (Phi) is 4.98. The topological polar surface area (TPSA) is 63.2 Å². The molecule has 0 aromatic carbocycles. The lowest BCUT2D eigenvalue weighted by molar-refractivity contribution is 0.312. The Balaban J connectivity index is 2.23. The molecule has 0 amide bonds. The minimum Gasteiger partial charge on any atom is -0.464 e. The standard InChI is InChI=1S/C14H25N5O/c1-5-7-15-12-16-13(18-14(17-12)20-6-2)19-9-10(3)8-11(19)4/h10-11H,5-9H2,1-4H3,(H,15,16,17,18). The van der Waals surface area contributed by atoms with E-state index in [0.717, 1.165) is 25.5 Å². The summed E-state index contributed by atoms with van der Waals surface area (Å²) >= 11 is 0. The van der Waals surface area contributed by atoms with Gasteiger partial charge < -0.3 is 15.0 Å². The van der Waals surface area contributed by atoms with E-state index in [9.17, 15) is 0 Å². The van der Waals surface area contributed by atoms with Crippen molar-refractivity contribution in [1.82, 2.24) is 15.0 Å². The lowest BCUT2D eigenvalue weighted by Crippen LogP contribution is -2.29. The number of hydrogen-bond acceptors (Lipinski definition) is 6. The van der Waals surface area contributed by atoms with Crippen LogP contribution in [0.1, 0.15) is 40.5 Å². The van der Waals surface area contributed by atoms with Gasteiger partial charge in [-0.25, -0.2) is 0 Å². The van der Waals surface area contributed by atoms with Crippen LogP contribution in [-0.2, 0) is 0 Å². The van der Waals surface area contributed by atoms with Crippen LogP contribution in [0, 0.1) is 5.92 Å². The van der Waals surface area contributed by atoms with Crippen LogP contribution >= 0.6 is 0 Å². The van der Waals surface area contributed by atoms with Gasteiger partial charge in [-0.15, -0.1) is 0 Å². The predicted octanol–water partition coefficient (Wildman–Crippen LogP) is 2.33. The fourth-order valence-corrected chi connectivity index (χ4v) is 2.56. The van der Waals surface area contributed by atoms with Gasteiger partial charge >= 0.3 is 6.01 Å². The van der Waals surface area contributed by atoms with Crippen LogP contribution in [0.5, 0.6) is 6.01 Å². The van der Waals surface area contributed by atoms with Crippen molar-refractivity contribution in [2.45, 2.75) is 46.6 Å². The lowest BCUT2D eigenvalue weighted by Gasteiger charge is -2.22. The van der Waals surface area contributed by atoms with Crippen molar-refractivity contribution in [2.75, 3.05) is 29.9 Å². The zero-order valence-electron chi connectivity index (χ0n) is 12.9. The Morgan fingerprint density at radius 3 is 2.65 bits per heavy atom.